The molecular weight excluding hydrogens is 212 g/mol. The maximum atomic E-state index is 9.44. The highest BCUT2D eigenvalue weighted by Gasteiger charge is 2.32. The van der Waals surface area contributed by atoms with E-state index in [1.54, 1.807) is 7.05 Å². The van der Waals surface area contributed by atoms with Gasteiger partial charge in [0, 0.05) is 0 Å². The molecule has 1 aliphatic rings. The largest absolute Gasteiger partial charge is 0.375 e. The minimum atomic E-state index is -0.725. The molecule has 1 N–H and O–H groups in total. The first-order valence-electron chi connectivity index (χ1n) is 6.08. The van der Waals surface area contributed by atoms with Crippen molar-refractivity contribution in [3.63, 3.8) is 0 Å². The fourth-order valence-corrected chi connectivity index (χ4v) is 1.96. The van der Waals surface area contributed by atoms with Crippen molar-refractivity contribution in [2.24, 2.45) is 0 Å². The lowest BCUT2D eigenvalue weighted by Gasteiger charge is -2.32. The quantitative estimate of drug-likeness (QED) is 0.843. The van der Waals surface area contributed by atoms with Crippen LogP contribution in [0.15, 0.2) is 30.3 Å². The van der Waals surface area contributed by atoms with Gasteiger partial charge in [-0.15, -0.1) is 0 Å². The van der Waals surface area contributed by atoms with Crippen molar-refractivity contribution in [2.45, 2.75) is 30.9 Å². The third-order valence-corrected chi connectivity index (χ3v) is 3.47. The number of hydrogen-bond acceptors (Lipinski definition) is 3. The van der Waals surface area contributed by atoms with E-state index in [4.69, 9.17) is 4.74 Å². The Labute approximate surface area is 102 Å². The molecule has 0 spiro atoms. The first-order chi connectivity index (χ1) is 8.30. The van der Waals surface area contributed by atoms with E-state index in [9.17, 15) is 5.26 Å². The molecule has 1 saturated carbocycles. The molecule has 1 aromatic carbocycles. The molecule has 1 unspecified atom stereocenters. The lowest BCUT2D eigenvalue weighted by atomic mass is 9.91. The van der Waals surface area contributed by atoms with Crippen LogP contribution >= 0.6 is 0 Å². The number of hydrogen-bond donors (Lipinski definition) is 1. The molecule has 0 bridgehead atoms. The van der Waals surface area contributed by atoms with Gasteiger partial charge < -0.3 is 4.74 Å². The molecule has 0 radical (unpaired) electrons. The molecule has 90 valence electrons. The number of nitrogens with zero attached hydrogens (tertiary/aromatic N) is 1. The van der Waals surface area contributed by atoms with Crippen molar-refractivity contribution in [2.75, 3.05) is 13.7 Å². The zero-order valence-corrected chi connectivity index (χ0v) is 10.1. The average molecular weight is 230 g/mol. The molecule has 3 nitrogen and oxygen atoms in total. The van der Waals surface area contributed by atoms with E-state index >= 15 is 0 Å². The third-order valence-electron chi connectivity index (χ3n) is 3.47. The van der Waals surface area contributed by atoms with E-state index in [1.165, 1.54) is 6.42 Å². The van der Waals surface area contributed by atoms with Crippen LogP contribution in [0, 0.1) is 11.3 Å². The highest BCUT2D eigenvalue weighted by molar-refractivity contribution is 5.31. The number of ether oxygens (including phenoxy) is 1. The molecule has 0 heterocycles. The number of nitrogens with one attached hydrogen (secondary N) is 1. The van der Waals surface area contributed by atoms with Crippen molar-refractivity contribution >= 4 is 0 Å². The van der Waals surface area contributed by atoms with Crippen molar-refractivity contribution in [3.8, 4) is 6.07 Å². The molecule has 0 amide bonds. The Hall–Kier alpha value is -1.37. The van der Waals surface area contributed by atoms with E-state index in [-0.39, 0.29) is 0 Å². The van der Waals surface area contributed by atoms with Crippen molar-refractivity contribution in [3.05, 3.63) is 35.9 Å². The second-order valence-corrected chi connectivity index (χ2v) is 4.50. The maximum Gasteiger partial charge on any atom is 0.155 e. The molecule has 0 aromatic heterocycles. The van der Waals surface area contributed by atoms with Gasteiger partial charge >= 0.3 is 0 Å². The Balaban J connectivity index is 2.11. The molecule has 1 aliphatic carbocycles. The van der Waals surface area contributed by atoms with E-state index in [0.717, 1.165) is 18.4 Å². The molecular formula is C14H18N2O. The van der Waals surface area contributed by atoms with Gasteiger partial charge in [0.25, 0.3) is 0 Å². The van der Waals surface area contributed by atoms with Crippen molar-refractivity contribution in [1.82, 2.24) is 5.32 Å². The second-order valence-electron chi connectivity index (χ2n) is 4.50. The number of benzene rings is 1. The van der Waals surface area contributed by atoms with Gasteiger partial charge in [-0.05, 0) is 31.9 Å². The Morgan fingerprint density at radius 3 is 2.59 bits per heavy atom. The first kappa shape index (κ1) is 12.1. The molecule has 1 atom stereocenters. The molecule has 2 rings (SSSR count). The minimum Gasteiger partial charge on any atom is -0.375 e. The summed E-state index contributed by atoms with van der Waals surface area (Å²) in [5, 5.41) is 12.5. The molecule has 0 aliphatic heterocycles. The highest BCUT2D eigenvalue weighted by Crippen LogP contribution is 2.26. The van der Waals surface area contributed by atoms with Gasteiger partial charge in [0.1, 0.15) is 0 Å². The summed E-state index contributed by atoms with van der Waals surface area (Å²) in [5.74, 6) is 0. The predicted octanol–water partition coefficient (Wildman–Crippen LogP) is 2.19. The summed E-state index contributed by atoms with van der Waals surface area (Å²) in [6.07, 6.45) is 3.84. The summed E-state index contributed by atoms with van der Waals surface area (Å²) >= 11 is 0. The van der Waals surface area contributed by atoms with E-state index in [2.05, 4.69) is 11.4 Å². The van der Waals surface area contributed by atoms with Crippen LogP contribution in [0.25, 0.3) is 0 Å². The molecule has 3 heteroatoms. The van der Waals surface area contributed by atoms with Gasteiger partial charge in [0.2, 0.25) is 0 Å². The van der Waals surface area contributed by atoms with Crippen LogP contribution in [0.5, 0.6) is 0 Å². The van der Waals surface area contributed by atoms with Gasteiger partial charge in [-0.1, -0.05) is 30.3 Å². The van der Waals surface area contributed by atoms with Crippen LogP contribution < -0.4 is 5.32 Å². The summed E-state index contributed by atoms with van der Waals surface area (Å²) in [7, 11) is 1.81. The normalized spacial score (nSPS) is 19.1. The molecule has 17 heavy (non-hydrogen) atoms. The van der Waals surface area contributed by atoms with E-state index in [1.807, 2.05) is 30.3 Å². The van der Waals surface area contributed by atoms with Crippen LogP contribution in [-0.2, 0) is 10.3 Å². The fourth-order valence-electron chi connectivity index (χ4n) is 1.96. The predicted molar refractivity (Wildman–Crippen MR) is 66.4 cm³/mol. The third kappa shape index (κ3) is 2.49. The maximum absolute atomic E-state index is 9.44. The van der Waals surface area contributed by atoms with Crippen LogP contribution in [0.1, 0.15) is 24.8 Å². The van der Waals surface area contributed by atoms with E-state index < -0.39 is 5.54 Å². The summed E-state index contributed by atoms with van der Waals surface area (Å²) in [6, 6.07) is 12.1. The van der Waals surface area contributed by atoms with Crippen LogP contribution in [0.2, 0.25) is 0 Å². The minimum absolute atomic E-state index is 0.347. The second kappa shape index (κ2) is 5.31. The summed E-state index contributed by atoms with van der Waals surface area (Å²) in [4.78, 5) is 0. The Bertz CT molecular complexity index is 394. The SMILES string of the molecule is CNC(C#N)(COC1CCC1)c1ccccc1. The Kier molecular flexibility index (Phi) is 3.78. The van der Waals surface area contributed by atoms with Gasteiger partial charge in [-0.3, -0.25) is 5.32 Å². The smallest absolute Gasteiger partial charge is 0.155 e. The van der Waals surface area contributed by atoms with Gasteiger partial charge in [-0.2, -0.15) is 5.26 Å². The fraction of sp³-hybridized carbons (Fsp3) is 0.500. The average Bonchev–Trinajstić information content (AvgIpc) is 2.34. The number of nitriles is 1. The van der Waals surface area contributed by atoms with E-state index in [0.29, 0.717) is 12.7 Å². The van der Waals surface area contributed by atoms with Gasteiger partial charge in [0.15, 0.2) is 5.54 Å². The van der Waals surface area contributed by atoms with Gasteiger partial charge in [-0.25, -0.2) is 0 Å². The Morgan fingerprint density at radius 2 is 2.12 bits per heavy atom. The lowest BCUT2D eigenvalue weighted by molar-refractivity contribution is -0.0194. The highest BCUT2D eigenvalue weighted by atomic mass is 16.5. The standard InChI is InChI=1S/C14H18N2O/c1-16-14(10-15,11-17-13-8-5-9-13)12-6-3-2-4-7-12/h2-4,6-7,13,16H,5,8-9,11H2,1H3. The zero-order valence-electron chi connectivity index (χ0n) is 10.1. The number of likely N-dealkylation sites (N-methyl/N-ethyl adjacent to an activating group) is 1. The summed E-state index contributed by atoms with van der Waals surface area (Å²) < 4.78 is 5.79. The summed E-state index contributed by atoms with van der Waals surface area (Å²) in [6.45, 7) is 0.411. The Morgan fingerprint density at radius 1 is 1.41 bits per heavy atom. The number of rotatable bonds is 5. The molecule has 1 fully saturated rings. The topological polar surface area (TPSA) is 45.0 Å². The molecule has 0 saturated heterocycles. The van der Waals surface area contributed by atoms with Gasteiger partial charge in [0.05, 0.1) is 18.8 Å². The first-order valence-corrected chi connectivity index (χ1v) is 6.08. The van der Waals surface area contributed by atoms with Crippen LogP contribution in [0.3, 0.4) is 0 Å². The molecule has 1 aromatic rings. The van der Waals surface area contributed by atoms with Crippen LogP contribution in [-0.4, -0.2) is 19.8 Å². The van der Waals surface area contributed by atoms with Crippen molar-refractivity contribution < 1.29 is 4.74 Å². The zero-order chi connectivity index (χ0) is 12.1. The summed E-state index contributed by atoms with van der Waals surface area (Å²) in [5.41, 5.74) is 0.237. The van der Waals surface area contributed by atoms with Crippen LogP contribution in [0.4, 0.5) is 0 Å². The lowest BCUT2D eigenvalue weighted by Crippen LogP contribution is -2.44. The monoisotopic (exact) mass is 230 g/mol. The van der Waals surface area contributed by atoms with Crippen molar-refractivity contribution in [1.29, 1.82) is 5.26 Å².